The maximum Gasteiger partial charge on any atom is 0.243 e. The molecule has 8 heteroatoms. The van der Waals surface area contributed by atoms with Gasteiger partial charge in [0.2, 0.25) is 5.91 Å². The first-order valence-electron chi connectivity index (χ1n) is 14.1. The van der Waals surface area contributed by atoms with Crippen LogP contribution < -0.4 is 15.4 Å². The highest BCUT2D eigenvalue weighted by Crippen LogP contribution is 2.35. The van der Waals surface area contributed by atoms with Gasteiger partial charge in [0.25, 0.3) is 0 Å². The Kier molecular flexibility index (Phi) is 8.35. The molecule has 0 spiro atoms. The van der Waals surface area contributed by atoms with Crippen LogP contribution in [0, 0.1) is 11.8 Å². The maximum absolute atomic E-state index is 13.1. The number of carbonyl (C=O) groups excluding carboxylic acids is 1. The molecule has 0 radical (unpaired) electrons. The smallest absolute Gasteiger partial charge is 0.243 e. The molecule has 4 N–H and O–H groups in total. The molecular weight excluding hydrogens is 456 g/mol. The lowest BCUT2D eigenvalue weighted by Crippen LogP contribution is -2.54. The van der Waals surface area contributed by atoms with Crippen molar-refractivity contribution in [3.63, 3.8) is 0 Å². The fraction of sp³-hybridized carbons (Fsp3) is 0.750. The molecule has 2 saturated heterocycles. The Balaban J connectivity index is 1.06. The van der Waals surface area contributed by atoms with Crippen molar-refractivity contribution in [2.75, 3.05) is 51.3 Å². The standard InChI is InChI=1S/C28H44N4O4/c1-19-15-32(13-10-26(19)34)22(17-33)16-31-11-8-21(9-12-31)29-28(35)25-14-23-24(30-25)6-3-7-27(23)36-18-20-4-2-5-20/h3,6-7,19-22,25-26,30,33-34H,2,4-5,8-18H2,1H3,(H,29,35)/t19-,22+,25?,26-/m0/s1. The Morgan fingerprint density at radius 2 is 2.00 bits per heavy atom. The molecule has 1 aromatic carbocycles. The number of hydrogen-bond donors (Lipinski definition) is 4. The van der Waals surface area contributed by atoms with E-state index in [2.05, 4.69) is 27.4 Å². The number of aliphatic hydroxyl groups is 2. The summed E-state index contributed by atoms with van der Waals surface area (Å²) in [6, 6.07) is 6.12. The topological polar surface area (TPSA) is 97.3 Å². The van der Waals surface area contributed by atoms with Crippen LogP contribution in [0.25, 0.3) is 0 Å². The lowest BCUT2D eigenvalue weighted by Gasteiger charge is -2.42. The summed E-state index contributed by atoms with van der Waals surface area (Å²) < 4.78 is 6.13. The summed E-state index contributed by atoms with van der Waals surface area (Å²) in [7, 11) is 0. The first kappa shape index (κ1) is 25.8. The zero-order chi connectivity index (χ0) is 25.1. The minimum absolute atomic E-state index is 0.0729. The number of likely N-dealkylation sites (tertiary alicyclic amines) is 2. The van der Waals surface area contributed by atoms with E-state index in [1.165, 1.54) is 19.3 Å². The first-order chi connectivity index (χ1) is 17.5. The van der Waals surface area contributed by atoms with Crippen LogP contribution in [-0.2, 0) is 11.2 Å². The van der Waals surface area contributed by atoms with Crippen LogP contribution in [0.4, 0.5) is 5.69 Å². The number of amides is 1. The number of anilines is 1. The number of piperidine rings is 2. The van der Waals surface area contributed by atoms with E-state index in [0.29, 0.717) is 12.3 Å². The zero-order valence-electron chi connectivity index (χ0n) is 21.7. The molecule has 1 aromatic rings. The van der Waals surface area contributed by atoms with Crippen molar-refractivity contribution in [2.45, 2.75) is 76.1 Å². The lowest BCUT2D eigenvalue weighted by molar-refractivity contribution is -0.122. The Morgan fingerprint density at radius 3 is 2.69 bits per heavy atom. The van der Waals surface area contributed by atoms with Crippen molar-refractivity contribution >= 4 is 11.6 Å². The van der Waals surface area contributed by atoms with Gasteiger partial charge in [-0.25, -0.2) is 0 Å². The number of fused-ring (bicyclic) bond motifs is 1. The minimum atomic E-state index is -0.248. The predicted octanol–water partition coefficient (Wildman–Crippen LogP) is 1.85. The molecule has 0 aromatic heterocycles. The van der Waals surface area contributed by atoms with Crippen LogP contribution >= 0.6 is 0 Å². The van der Waals surface area contributed by atoms with Gasteiger partial charge in [0.05, 0.1) is 19.3 Å². The van der Waals surface area contributed by atoms with Gasteiger partial charge in [-0.1, -0.05) is 19.4 Å². The van der Waals surface area contributed by atoms with Crippen molar-refractivity contribution in [3.8, 4) is 5.75 Å². The number of ether oxygens (including phenoxy) is 1. The number of carbonyl (C=O) groups is 1. The third-order valence-corrected chi connectivity index (χ3v) is 8.91. The highest BCUT2D eigenvalue weighted by Gasteiger charge is 2.33. The molecule has 1 unspecified atom stereocenters. The van der Waals surface area contributed by atoms with Gasteiger partial charge in [-0.2, -0.15) is 0 Å². The third-order valence-electron chi connectivity index (χ3n) is 8.91. The van der Waals surface area contributed by atoms with Crippen LogP contribution in [0.3, 0.4) is 0 Å². The summed E-state index contributed by atoms with van der Waals surface area (Å²) in [5.41, 5.74) is 2.15. The summed E-state index contributed by atoms with van der Waals surface area (Å²) in [4.78, 5) is 17.8. The van der Waals surface area contributed by atoms with E-state index in [-0.39, 0.29) is 42.7 Å². The van der Waals surface area contributed by atoms with Gasteiger partial charge >= 0.3 is 0 Å². The summed E-state index contributed by atoms with van der Waals surface area (Å²) in [6.45, 7) is 7.36. The third kappa shape index (κ3) is 5.98. The molecule has 1 aliphatic carbocycles. The van der Waals surface area contributed by atoms with E-state index in [9.17, 15) is 15.0 Å². The average Bonchev–Trinajstić information content (AvgIpc) is 3.30. The van der Waals surface area contributed by atoms with Crippen LogP contribution in [0.15, 0.2) is 18.2 Å². The number of nitrogens with one attached hydrogen (secondary N) is 2. The molecule has 0 bridgehead atoms. The van der Waals surface area contributed by atoms with Gasteiger partial charge in [0.15, 0.2) is 0 Å². The summed E-state index contributed by atoms with van der Waals surface area (Å²) in [5, 5.41) is 26.7. The van der Waals surface area contributed by atoms with Gasteiger partial charge in [0, 0.05) is 62.5 Å². The maximum atomic E-state index is 13.1. The number of aliphatic hydroxyl groups excluding tert-OH is 2. The van der Waals surface area contributed by atoms with Crippen LogP contribution in [0.2, 0.25) is 0 Å². The van der Waals surface area contributed by atoms with E-state index < -0.39 is 0 Å². The Hall–Kier alpha value is -1.87. The van der Waals surface area contributed by atoms with Gasteiger partial charge in [-0.15, -0.1) is 0 Å². The predicted molar refractivity (Wildman–Crippen MR) is 140 cm³/mol. The Labute approximate surface area is 215 Å². The molecule has 4 atom stereocenters. The summed E-state index contributed by atoms with van der Waals surface area (Å²) in [5.74, 6) is 1.92. The quantitative estimate of drug-likeness (QED) is 0.411. The fourth-order valence-electron chi connectivity index (χ4n) is 6.16. The number of hydrogen-bond acceptors (Lipinski definition) is 7. The van der Waals surface area contributed by atoms with Crippen molar-refractivity contribution in [3.05, 3.63) is 23.8 Å². The lowest BCUT2D eigenvalue weighted by atomic mass is 9.86. The Bertz CT molecular complexity index is 886. The normalized spacial score (nSPS) is 28.7. The molecule has 1 amide bonds. The van der Waals surface area contributed by atoms with Crippen molar-refractivity contribution in [1.29, 1.82) is 0 Å². The highest BCUT2D eigenvalue weighted by atomic mass is 16.5. The number of nitrogens with zero attached hydrogens (tertiary/aromatic N) is 2. The second-order valence-electron chi connectivity index (χ2n) is 11.5. The van der Waals surface area contributed by atoms with Gasteiger partial charge in [-0.05, 0) is 56.1 Å². The molecule has 200 valence electrons. The van der Waals surface area contributed by atoms with Gasteiger partial charge in [0.1, 0.15) is 11.8 Å². The van der Waals surface area contributed by atoms with Crippen molar-refractivity contribution < 1.29 is 19.7 Å². The van der Waals surface area contributed by atoms with E-state index in [4.69, 9.17) is 4.74 Å². The largest absolute Gasteiger partial charge is 0.493 e. The minimum Gasteiger partial charge on any atom is -0.493 e. The molecule has 3 fully saturated rings. The molecule has 3 heterocycles. The SMILES string of the molecule is C[C@H]1CN([C@@H](CO)CN2CCC(NC(=O)C3Cc4c(cccc4OCC4CCC4)N3)CC2)CC[C@@H]1O. The molecule has 4 aliphatic rings. The highest BCUT2D eigenvalue weighted by molar-refractivity contribution is 5.88. The second kappa shape index (κ2) is 11.7. The molecule has 3 aliphatic heterocycles. The molecular formula is C28H44N4O4. The molecule has 8 nitrogen and oxygen atoms in total. The van der Waals surface area contributed by atoms with Gasteiger partial charge in [-0.3, -0.25) is 9.69 Å². The van der Waals surface area contributed by atoms with E-state index in [1.807, 2.05) is 18.2 Å². The Morgan fingerprint density at radius 1 is 1.19 bits per heavy atom. The molecule has 1 saturated carbocycles. The summed E-state index contributed by atoms with van der Waals surface area (Å²) in [6.07, 6.45) is 6.91. The van der Waals surface area contributed by atoms with Crippen LogP contribution in [-0.4, -0.2) is 96.1 Å². The second-order valence-corrected chi connectivity index (χ2v) is 11.5. The fourth-order valence-corrected chi connectivity index (χ4v) is 6.16. The average molecular weight is 501 g/mol. The number of rotatable bonds is 9. The molecule has 36 heavy (non-hydrogen) atoms. The number of benzene rings is 1. The zero-order valence-corrected chi connectivity index (χ0v) is 21.7. The van der Waals surface area contributed by atoms with Crippen molar-refractivity contribution in [2.24, 2.45) is 11.8 Å². The summed E-state index contributed by atoms with van der Waals surface area (Å²) >= 11 is 0. The van der Waals surface area contributed by atoms with E-state index in [0.717, 1.165) is 75.6 Å². The molecule has 5 rings (SSSR count). The van der Waals surface area contributed by atoms with E-state index >= 15 is 0 Å². The monoisotopic (exact) mass is 500 g/mol. The van der Waals surface area contributed by atoms with Crippen LogP contribution in [0.5, 0.6) is 5.75 Å². The van der Waals surface area contributed by atoms with Gasteiger partial charge < -0.3 is 30.5 Å². The first-order valence-corrected chi connectivity index (χ1v) is 14.1. The van der Waals surface area contributed by atoms with Crippen molar-refractivity contribution in [1.82, 2.24) is 15.1 Å². The van der Waals surface area contributed by atoms with E-state index in [1.54, 1.807) is 0 Å². The van der Waals surface area contributed by atoms with Crippen LogP contribution in [0.1, 0.15) is 51.0 Å².